The van der Waals surface area contributed by atoms with E-state index in [-0.39, 0.29) is 4.90 Å². The summed E-state index contributed by atoms with van der Waals surface area (Å²) in [5.41, 5.74) is 0.557. The van der Waals surface area contributed by atoms with Crippen molar-refractivity contribution in [3.8, 4) is 5.69 Å². The van der Waals surface area contributed by atoms with Crippen LogP contribution in [0.3, 0.4) is 0 Å². The number of thiol groups is 2. The van der Waals surface area contributed by atoms with Gasteiger partial charge in [0.25, 0.3) is 0 Å². The zero-order valence-corrected chi connectivity index (χ0v) is 9.10. The van der Waals surface area contributed by atoms with Crippen molar-refractivity contribution < 1.29 is 8.42 Å². The van der Waals surface area contributed by atoms with Gasteiger partial charge in [-0.15, -0.1) is 17.7 Å². The average Bonchev–Trinajstić information content (AvgIpc) is 2.64. The highest BCUT2D eigenvalue weighted by molar-refractivity contribution is 7.80. The summed E-state index contributed by atoms with van der Waals surface area (Å²) < 4.78 is 22.9. The van der Waals surface area contributed by atoms with Crippen LogP contribution >= 0.6 is 12.6 Å². The van der Waals surface area contributed by atoms with Gasteiger partial charge in [-0.1, -0.05) is 6.07 Å². The van der Waals surface area contributed by atoms with E-state index in [4.69, 9.17) is 0 Å². The van der Waals surface area contributed by atoms with Gasteiger partial charge in [-0.3, -0.25) is 0 Å². The summed E-state index contributed by atoms with van der Waals surface area (Å²) in [6.07, 6.45) is 0. The van der Waals surface area contributed by atoms with Crippen molar-refractivity contribution in [2.24, 2.45) is 0 Å². The molecule has 0 saturated carbocycles. The molecule has 0 N–H and O–H groups in total. The van der Waals surface area contributed by atoms with E-state index in [1.807, 2.05) is 0 Å². The Balaban J connectivity index is 2.55. The first-order valence-electron chi connectivity index (χ1n) is 3.90. The van der Waals surface area contributed by atoms with Gasteiger partial charge in [0.1, 0.15) is 0 Å². The first-order chi connectivity index (χ1) is 7.18. The molecule has 0 fully saturated rings. The van der Waals surface area contributed by atoms with Gasteiger partial charge in [-0.2, -0.15) is 4.68 Å². The number of benzene rings is 1. The third kappa shape index (κ3) is 2.00. The fraction of sp³-hybridized carbons (Fsp3) is 0. The minimum atomic E-state index is -2.60. The lowest BCUT2D eigenvalue weighted by Gasteiger charge is -2.00. The van der Waals surface area contributed by atoms with E-state index in [1.165, 1.54) is 16.8 Å². The first kappa shape index (κ1) is 10.1. The Morgan fingerprint density at radius 1 is 1.33 bits per heavy atom. The van der Waals surface area contributed by atoms with Gasteiger partial charge in [0, 0.05) is 0 Å². The average molecular weight is 242 g/mol. The molecule has 0 saturated heterocycles. The van der Waals surface area contributed by atoms with Gasteiger partial charge in [0.2, 0.25) is 5.16 Å². The molecule has 8 heteroatoms. The van der Waals surface area contributed by atoms with Gasteiger partial charge in [-0.05, 0) is 28.6 Å². The molecule has 0 spiro atoms. The van der Waals surface area contributed by atoms with Crippen LogP contribution in [-0.2, 0) is 10.7 Å². The van der Waals surface area contributed by atoms with Gasteiger partial charge >= 0.3 is 0 Å². The van der Waals surface area contributed by atoms with E-state index < -0.39 is 10.7 Å². The van der Waals surface area contributed by atoms with Gasteiger partial charge in [-0.25, -0.2) is 8.42 Å². The maximum absolute atomic E-state index is 10.8. The number of nitrogens with zero attached hydrogens (tertiary/aromatic N) is 4. The molecule has 0 aliphatic rings. The Morgan fingerprint density at radius 2 is 2.13 bits per heavy atom. The van der Waals surface area contributed by atoms with E-state index in [9.17, 15) is 8.42 Å². The first-order valence-corrected chi connectivity index (χ1v) is 5.53. The van der Waals surface area contributed by atoms with Crippen LogP contribution in [0.2, 0.25) is 0 Å². The summed E-state index contributed by atoms with van der Waals surface area (Å²) in [5, 5.41) is 11.0. The molecule has 6 nitrogen and oxygen atoms in total. The predicted molar refractivity (Wildman–Crippen MR) is 55.0 cm³/mol. The largest absolute Gasteiger partial charge is 0.227 e. The third-order valence-electron chi connectivity index (χ3n) is 1.74. The Hall–Kier alpha value is -1.41. The third-order valence-corrected chi connectivity index (χ3v) is 2.72. The maximum Gasteiger partial charge on any atom is 0.211 e. The molecular weight excluding hydrogens is 236 g/mol. The molecule has 0 radical (unpaired) electrons. The van der Waals surface area contributed by atoms with Crippen molar-refractivity contribution >= 4 is 23.3 Å². The van der Waals surface area contributed by atoms with Crippen molar-refractivity contribution in [3.05, 3.63) is 24.3 Å². The molecule has 78 valence electrons. The van der Waals surface area contributed by atoms with E-state index >= 15 is 0 Å². The van der Waals surface area contributed by atoms with E-state index in [0.717, 1.165) is 0 Å². The Bertz CT molecular complexity index is 556. The monoisotopic (exact) mass is 242 g/mol. The number of hydrogen-bond donors (Lipinski definition) is 2. The predicted octanol–water partition coefficient (Wildman–Crippen LogP) is -0.0787. The molecule has 0 unspecified atom stereocenters. The summed E-state index contributed by atoms with van der Waals surface area (Å²) in [6.45, 7) is 0. The van der Waals surface area contributed by atoms with Gasteiger partial charge in [0.15, 0.2) is 10.7 Å². The molecule has 1 aromatic heterocycles. The number of hydrogen-bond acceptors (Lipinski definition) is 6. The zero-order valence-electron chi connectivity index (χ0n) is 7.31. The molecule has 0 aliphatic heterocycles. The van der Waals surface area contributed by atoms with Crippen molar-refractivity contribution in [3.63, 3.8) is 0 Å². The van der Waals surface area contributed by atoms with Crippen LogP contribution in [0.1, 0.15) is 0 Å². The normalized spacial score (nSPS) is 10.8. The quantitative estimate of drug-likeness (QED) is 0.720. The number of rotatable bonds is 2. The minimum Gasteiger partial charge on any atom is -0.227 e. The van der Waals surface area contributed by atoms with Crippen molar-refractivity contribution in [1.29, 1.82) is 0 Å². The zero-order chi connectivity index (χ0) is 10.8. The highest BCUT2D eigenvalue weighted by atomic mass is 32.2. The number of tetrazole rings is 1. The van der Waals surface area contributed by atoms with Crippen LogP contribution in [0, 0.1) is 0 Å². The highest BCUT2D eigenvalue weighted by Gasteiger charge is 2.05. The van der Waals surface area contributed by atoms with Crippen LogP contribution in [0.15, 0.2) is 34.3 Å². The van der Waals surface area contributed by atoms with Crippen LogP contribution in [0.5, 0.6) is 0 Å². The molecule has 1 aromatic carbocycles. The highest BCUT2D eigenvalue weighted by Crippen LogP contribution is 2.12. The van der Waals surface area contributed by atoms with Crippen LogP contribution in [0.25, 0.3) is 5.69 Å². The van der Waals surface area contributed by atoms with Crippen molar-refractivity contribution in [2.45, 2.75) is 10.1 Å². The van der Waals surface area contributed by atoms with Crippen LogP contribution in [0.4, 0.5) is 0 Å². The summed E-state index contributed by atoms with van der Waals surface area (Å²) in [6, 6.07) is 6.28. The fourth-order valence-corrected chi connectivity index (χ4v) is 1.73. The molecule has 2 rings (SSSR count). The summed E-state index contributed by atoms with van der Waals surface area (Å²) in [7, 11) is -2.60. The van der Waals surface area contributed by atoms with Crippen molar-refractivity contribution in [1.82, 2.24) is 20.2 Å². The lowest BCUT2D eigenvalue weighted by Crippen LogP contribution is -1.98. The SMILES string of the molecule is O=[SH](=O)c1cccc(-n2nnnc2S)c1. The molecule has 0 amide bonds. The maximum atomic E-state index is 10.8. The van der Waals surface area contributed by atoms with E-state index in [2.05, 4.69) is 28.2 Å². The second kappa shape index (κ2) is 3.99. The lowest BCUT2D eigenvalue weighted by molar-refractivity contribution is 0.614. The van der Waals surface area contributed by atoms with Crippen LogP contribution < -0.4 is 0 Å². The second-order valence-corrected chi connectivity index (χ2v) is 4.10. The number of aromatic nitrogens is 4. The molecule has 1 heterocycles. The molecule has 0 bridgehead atoms. The minimum absolute atomic E-state index is 0.214. The fourth-order valence-electron chi connectivity index (χ4n) is 1.09. The molecule has 15 heavy (non-hydrogen) atoms. The summed E-state index contributed by atoms with van der Waals surface area (Å²) in [5.74, 6) is 0. The smallest absolute Gasteiger partial charge is 0.211 e. The lowest BCUT2D eigenvalue weighted by atomic mass is 10.3. The molecule has 0 atom stereocenters. The Morgan fingerprint density at radius 3 is 2.73 bits per heavy atom. The standard InChI is InChI=1S/C7H6N4O2S2/c12-15(13)6-3-1-2-5(4-6)11-7(14)8-9-10-11/h1-4,15H,(H,8,10,14). The topological polar surface area (TPSA) is 77.7 Å². The van der Waals surface area contributed by atoms with E-state index in [0.29, 0.717) is 10.8 Å². The van der Waals surface area contributed by atoms with Crippen molar-refractivity contribution in [2.75, 3.05) is 0 Å². The summed E-state index contributed by atoms with van der Waals surface area (Å²) in [4.78, 5) is 0.214. The van der Waals surface area contributed by atoms with Crippen LogP contribution in [-0.4, -0.2) is 28.6 Å². The molecule has 2 aromatic rings. The Labute approximate surface area is 92.3 Å². The van der Waals surface area contributed by atoms with Gasteiger partial charge in [0.05, 0.1) is 10.6 Å². The Kier molecular flexibility index (Phi) is 2.69. The molecular formula is C7H6N4O2S2. The van der Waals surface area contributed by atoms with Gasteiger partial charge < -0.3 is 0 Å². The summed E-state index contributed by atoms with van der Waals surface area (Å²) >= 11 is 4.02. The molecule has 0 aliphatic carbocycles. The second-order valence-electron chi connectivity index (χ2n) is 2.67. The van der Waals surface area contributed by atoms with E-state index in [1.54, 1.807) is 12.1 Å².